The molecule has 26 heavy (non-hydrogen) atoms. The molecule has 0 bridgehead atoms. The highest BCUT2D eigenvalue weighted by molar-refractivity contribution is 7.12. The topological polar surface area (TPSA) is 80.1 Å². The van der Waals surface area contributed by atoms with E-state index in [9.17, 15) is 9.59 Å². The van der Waals surface area contributed by atoms with E-state index in [-0.39, 0.29) is 11.7 Å². The van der Waals surface area contributed by atoms with Gasteiger partial charge in [-0.2, -0.15) is 0 Å². The van der Waals surface area contributed by atoms with E-state index >= 15 is 0 Å². The normalized spacial score (nSPS) is 17.9. The second-order valence-corrected chi connectivity index (χ2v) is 7.81. The maximum absolute atomic E-state index is 12.4. The number of hydrogen-bond acceptors (Lipinski definition) is 6. The molecule has 0 aromatic carbocycles. The van der Waals surface area contributed by atoms with Gasteiger partial charge in [-0.25, -0.2) is 0 Å². The summed E-state index contributed by atoms with van der Waals surface area (Å²) >= 11 is 1.43. The predicted molar refractivity (Wildman–Crippen MR) is 98.2 cm³/mol. The molecule has 1 amide bonds. The van der Waals surface area contributed by atoms with E-state index in [0.29, 0.717) is 18.8 Å². The number of hydrogen-bond donors (Lipinski definition) is 1. The third-order valence-corrected chi connectivity index (χ3v) is 6.14. The van der Waals surface area contributed by atoms with Crippen LogP contribution in [0.2, 0.25) is 0 Å². The number of likely N-dealkylation sites (tertiary alicyclic amines) is 1. The average Bonchev–Trinajstić information content (AvgIpc) is 3.36. The van der Waals surface area contributed by atoms with Gasteiger partial charge in [-0.3, -0.25) is 9.59 Å². The second kappa shape index (κ2) is 7.67. The van der Waals surface area contributed by atoms with Crippen LogP contribution in [0.15, 0.2) is 17.5 Å². The summed E-state index contributed by atoms with van der Waals surface area (Å²) in [5.41, 5.74) is 0. The highest BCUT2D eigenvalue weighted by atomic mass is 32.1. The molecule has 0 unspecified atom stereocenters. The van der Waals surface area contributed by atoms with Crippen LogP contribution >= 0.6 is 11.3 Å². The van der Waals surface area contributed by atoms with Crippen molar-refractivity contribution < 1.29 is 9.59 Å². The summed E-state index contributed by atoms with van der Waals surface area (Å²) in [5.74, 6) is 2.59. The molecule has 7 nitrogen and oxygen atoms in total. The zero-order valence-corrected chi connectivity index (χ0v) is 15.5. The lowest BCUT2D eigenvalue weighted by molar-refractivity contribution is -0.132. The Labute approximate surface area is 156 Å². The third-order valence-electron chi connectivity index (χ3n) is 5.23. The number of amides is 1. The number of carbonyl (C=O) groups excluding carboxylic acids is 2. The van der Waals surface area contributed by atoms with Gasteiger partial charge in [0, 0.05) is 44.9 Å². The van der Waals surface area contributed by atoms with E-state index in [1.807, 2.05) is 22.4 Å². The minimum absolute atomic E-state index is 0.0620. The third kappa shape index (κ3) is 3.57. The zero-order valence-electron chi connectivity index (χ0n) is 14.7. The number of ketones is 1. The molecule has 0 radical (unpaired) electrons. The SMILES string of the molecule is O=C(CCC(=O)N1CCC(c2nnc3n2CCNC3)CC1)c1cccs1. The summed E-state index contributed by atoms with van der Waals surface area (Å²) in [4.78, 5) is 27.1. The molecule has 4 rings (SSSR count). The van der Waals surface area contributed by atoms with Gasteiger partial charge in [0.05, 0.1) is 11.4 Å². The largest absolute Gasteiger partial charge is 0.343 e. The van der Waals surface area contributed by atoms with Gasteiger partial charge in [0.2, 0.25) is 5.91 Å². The van der Waals surface area contributed by atoms with Gasteiger partial charge in [0.25, 0.3) is 0 Å². The van der Waals surface area contributed by atoms with Crippen LogP contribution in [0.25, 0.3) is 0 Å². The Hall–Kier alpha value is -2.06. The van der Waals surface area contributed by atoms with Crippen molar-refractivity contribution in [2.75, 3.05) is 19.6 Å². The molecular weight excluding hydrogens is 350 g/mol. The molecular formula is C18H23N5O2S. The highest BCUT2D eigenvalue weighted by Crippen LogP contribution is 2.28. The fourth-order valence-electron chi connectivity index (χ4n) is 3.74. The standard InChI is InChI=1S/C18H23N5O2S/c24-14(15-2-1-11-26-15)3-4-17(25)22-8-5-13(6-9-22)18-21-20-16-12-19-7-10-23(16)18/h1-2,11,13,19H,3-10,12H2. The summed E-state index contributed by atoms with van der Waals surface area (Å²) < 4.78 is 2.23. The van der Waals surface area contributed by atoms with Crippen molar-refractivity contribution in [1.82, 2.24) is 25.0 Å². The Morgan fingerprint density at radius 3 is 2.81 bits per heavy atom. The van der Waals surface area contributed by atoms with Gasteiger partial charge in [0.15, 0.2) is 5.78 Å². The maximum Gasteiger partial charge on any atom is 0.223 e. The number of carbonyl (C=O) groups is 2. The van der Waals surface area contributed by atoms with E-state index in [1.54, 1.807) is 0 Å². The Morgan fingerprint density at radius 2 is 2.04 bits per heavy atom. The fraction of sp³-hybridized carbons (Fsp3) is 0.556. The number of thiophene rings is 1. The lowest BCUT2D eigenvalue weighted by Crippen LogP contribution is -2.39. The summed E-state index contributed by atoms with van der Waals surface area (Å²) in [6.07, 6.45) is 2.42. The van der Waals surface area contributed by atoms with Gasteiger partial charge in [-0.1, -0.05) is 6.07 Å². The quantitative estimate of drug-likeness (QED) is 0.809. The van der Waals surface area contributed by atoms with Gasteiger partial charge >= 0.3 is 0 Å². The van der Waals surface area contributed by atoms with Crippen LogP contribution in [-0.2, 0) is 17.9 Å². The molecule has 0 saturated carbocycles. The molecule has 1 fully saturated rings. The van der Waals surface area contributed by atoms with Gasteiger partial charge < -0.3 is 14.8 Å². The lowest BCUT2D eigenvalue weighted by atomic mass is 9.95. The number of rotatable bonds is 5. The van der Waals surface area contributed by atoms with Crippen LogP contribution < -0.4 is 5.32 Å². The number of piperidine rings is 1. The fourth-order valence-corrected chi connectivity index (χ4v) is 4.44. The molecule has 0 aliphatic carbocycles. The Morgan fingerprint density at radius 1 is 1.19 bits per heavy atom. The van der Waals surface area contributed by atoms with Gasteiger partial charge in [-0.15, -0.1) is 21.5 Å². The Balaban J connectivity index is 1.29. The lowest BCUT2D eigenvalue weighted by Gasteiger charge is -2.32. The molecule has 1 N–H and O–H groups in total. The summed E-state index contributed by atoms with van der Waals surface area (Å²) in [6, 6.07) is 3.68. The van der Waals surface area contributed by atoms with Crippen LogP contribution in [0.1, 0.15) is 52.9 Å². The monoisotopic (exact) mass is 373 g/mol. The molecule has 4 heterocycles. The Bertz CT molecular complexity index is 778. The van der Waals surface area contributed by atoms with Crippen molar-refractivity contribution in [2.45, 2.75) is 44.7 Å². The second-order valence-electron chi connectivity index (χ2n) is 6.86. The van der Waals surface area contributed by atoms with Gasteiger partial charge in [0.1, 0.15) is 11.6 Å². The molecule has 0 atom stereocenters. The maximum atomic E-state index is 12.4. The van der Waals surface area contributed by atoms with E-state index in [4.69, 9.17) is 0 Å². The number of nitrogens with zero attached hydrogens (tertiary/aromatic N) is 4. The van der Waals surface area contributed by atoms with Gasteiger partial charge in [-0.05, 0) is 24.3 Å². The van der Waals surface area contributed by atoms with Crippen LogP contribution in [0, 0.1) is 0 Å². The molecule has 8 heteroatoms. The zero-order chi connectivity index (χ0) is 17.9. The van der Waals surface area contributed by atoms with Crippen molar-refractivity contribution >= 4 is 23.0 Å². The van der Waals surface area contributed by atoms with E-state index < -0.39 is 0 Å². The molecule has 2 aliphatic heterocycles. The van der Waals surface area contributed by atoms with E-state index in [1.165, 1.54) is 11.3 Å². The first-order chi connectivity index (χ1) is 12.7. The number of nitrogens with one attached hydrogen (secondary N) is 1. The molecule has 2 aromatic rings. The smallest absolute Gasteiger partial charge is 0.223 e. The predicted octanol–water partition coefficient (Wildman–Crippen LogP) is 1.81. The summed E-state index contributed by atoms with van der Waals surface area (Å²) in [7, 11) is 0. The van der Waals surface area contributed by atoms with E-state index in [2.05, 4.69) is 20.1 Å². The first kappa shape index (κ1) is 17.4. The number of Topliss-reactive ketones (excluding diaryl/α,β-unsaturated/α-hetero) is 1. The minimum Gasteiger partial charge on any atom is -0.343 e. The van der Waals surface area contributed by atoms with Crippen molar-refractivity contribution in [3.05, 3.63) is 34.0 Å². The van der Waals surface area contributed by atoms with Crippen LogP contribution in [0.3, 0.4) is 0 Å². The van der Waals surface area contributed by atoms with Crippen molar-refractivity contribution in [3.63, 3.8) is 0 Å². The molecule has 2 aliphatic rings. The van der Waals surface area contributed by atoms with Crippen molar-refractivity contribution in [2.24, 2.45) is 0 Å². The number of aromatic nitrogens is 3. The highest BCUT2D eigenvalue weighted by Gasteiger charge is 2.28. The van der Waals surface area contributed by atoms with E-state index in [0.717, 1.165) is 62.1 Å². The first-order valence-corrected chi connectivity index (χ1v) is 10.1. The average molecular weight is 373 g/mol. The van der Waals surface area contributed by atoms with Crippen LogP contribution in [0.4, 0.5) is 0 Å². The van der Waals surface area contributed by atoms with Crippen LogP contribution in [0.5, 0.6) is 0 Å². The molecule has 2 aromatic heterocycles. The minimum atomic E-state index is 0.0620. The molecule has 138 valence electrons. The summed E-state index contributed by atoms with van der Waals surface area (Å²) in [5, 5.41) is 13.9. The first-order valence-electron chi connectivity index (χ1n) is 9.19. The molecule has 0 spiro atoms. The summed E-state index contributed by atoms with van der Waals surface area (Å²) in [6.45, 7) is 4.12. The van der Waals surface area contributed by atoms with Crippen LogP contribution in [-0.4, -0.2) is 51.0 Å². The van der Waals surface area contributed by atoms with Crippen molar-refractivity contribution in [3.8, 4) is 0 Å². The Kier molecular flexibility index (Phi) is 5.12. The van der Waals surface area contributed by atoms with Crippen molar-refractivity contribution in [1.29, 1.82) is 0 Å². The number of fused-ring (bicyclic) bond motifs is 1. The molecule has 1 saturated heterocycles.